The largest absolute Gasteiger partial charge is 0.491 e. The van der Waals surface area contributed by atoms with Crippen molar-refractivity contribution in [3.05, 3.63) is 64.7 Å². The minimum absolute atomic E-state index is 0.0889. The summed E-state index contributed by atoms with van der Waals surface area (Å²) in [7, 11) is 0. The van der Waals surface area contributed by atoms with Gasteiger partial charge < -0.3 is 10.1 Å². The Hall–Kier alpha value is -2.43. The molecular weight excluding hydrogens is 312 g/mol. The molecule has 0 spiro atoms. The normalized spacial score (nSPS) is 13.2. The number of benzene rings is 2. The number of aryl methyl sites for hydroxylation is 1. The summed E-state index contributed by atoms with van der Waals surface area (Å²) in [5, 5.41) is 2.64. The summed E-state index contributed by atoms with van der Waals surface area (Å²) < 4.78 is 31.8. The van der Waals surface area contributed by atoms with Crippen molar-refractivity contribution in [2.75, 3.05) is 13.2 Å². The van der Waals surface area contributed by atoms with Gasteiger partial charge in [-0.15, -0.1) is 0 Å². The second-order valence-electron chi connectivity index (χ2n) is 5.83. The molecule has 0 heterocycles. The molecular formula is C19H19F2NO2. The Morgan fingerprint density at radius 2 is 1.92 bits per heavy atom. The van der Waals surface area contributed by atoms with Crippen LogP contribution in [0.4, 0.5) is 8.78 Å². The monoisotopic (exact) mass is 331 g/mol. The third-order valence-electron chi connectivity index (χ3n) is 4.18. The highest BCUT2D eigenvalue weighted by atomic mass is 19.2. The number of hydrogen-bond acceptors (Lipinski definition) is 2. The number of carbonyl (C=O) groups excluding carboxylic acids is 1. The molecule has 0 atom stereocenters. The Kier molecular flexibility index (Phi) is 5.08. The number of nitrogens with one attached hydrogen (secondary N) is 1. The van der Waals surface area contributed by atoms with Crippen molar-refractivity contribution >= 4 is 5.91 Å². The molecule has 0 aromatic heterocycles. The van der Waals surface area contributed by atoms with Gasteiger partial charge in [0, 0.05) is 5.56 Å². The molecule has 1 N–H and O–H groups in total. The fourth-order valence-corrected chi connectivity index (χ4v) is 2.95. The number of hydrogen-bond donors (Lipinski definition) is 1. The predicted molar refractivity (Wildman–Crippen MR) is 87.3 cm³/mol. The van der Waals surface area contributed by atoms with E-state index in [1.807, 2.05) is 12.1 Å². The summed E-state index contributed by atoms with van der Waals surface area (Å²) in [4.78, 5) is 11.9. The number of rotatable bonds is 5. The van der Waals surface area contributed by atoms with Gasteiger partial charge in [-0.25, -0.2) is 8.78 Å². The molecule has 1 amide bonds. The van der Waals surface area contributed by atoms with Gasteiger partial charge >= 0.3 is 0 Å². The quantitative estimate of drug-likeness (QED) is 0.849. The van der Waals surface area contributed by atoms with Crippen LogP contribution in [0.3, 0.4) is 0 Å². The molecule has 3 nitrogen and oxygen atoms in total. The van der Waals surface area contributed by atoms with E-state index in [0.29, 0.717) is 13.2 Å². The molecule has 126 valence electrons. The lowest BCUT2D eigenvalue weighted by Crippen LogP contribution is -2.28. The second-order valence-corrected chi connectivity index (χ2v) is 5.83. The first kappa shape index (κ1) is 16.4. The van der Waals surface area contributed by atoms with Crippen molar-refractivity contribution in [1.82, 2.24) is 5.32 Å². The number of ether oxygens (including phenoxy) is 1. The highest BCUT2D eigenvalue weighted by Gasteiger charge is 2.14. The van der Waals surface area contributed by atoms with Gasteiger partial charge in [-0.2, -0.15) is 0 Å². The first-order valence-corrected chi connectivity index (χ1v) is 8.12. The number of carbonyl (C=O) groups is 1. The standard InChI is InChI=1S/C19H19F2NO2/c20-16-9-8-14(12-17(16)21)19(23)22-10-11-24-18-7-3-5-13-4-1-2-6-15(13)18/h3,5,7-9,12H,1-2,4,6,10-11H2,(H,22,23). The van der Waals surface area contributed by atoms with E-state index in [-0.39, 0.29) is 5.56 Å². The van der Waals surface area contributed by atoms with E-state index in [1.54, 1.807) is 0 Å². The third-order valence-corrected chi connectivity index (χ3v) is 4.18. The van der Waals surface area contributed by atoms with Gasteiger partial charge in [-0.1, -0.05) is 12.1 Å². The van der Waals surface area contributed by atoms with E-state index >= 15 is 0 Å². The predicted octanol–water partition coefficient (Wildman–Crippen LogP) is 3.65. The van der Waals surface area contributed by atoms with Crippen LogP contribution in [0.25, 0.3) is 0 Å². The van der Waals surface area contributed by atoms with Gasteiger partial charge in [0.1, 0.15) is 12.4 Å². The summed E-state index contributed by atoms with van der Waals surface area (Å²) in [6.07, 6.45) is 4.48. The number of amides is 1. The number of halogens is 2. The maximum absolute atomic E-state index is 13.1. The molecule has 0 aliphatic heterocycles. The Balaban J connectivity index is 1.52. The average Bonchev–Trinajstić information content (AvgIpc) is 2.61. The van der Waals surface area contributed by atoms with E-state index in [2.05, 4.69) is 11.4 Å². The molecule has 5 heteroatoms. The molecule has 2 aromatic carbocycles. The minimum atomic E-state index is -1.03. The van der Waals surface area contributed by atoms with Crippen LogP contribution in [0, 0.1) is 11.6 Å². The van der Waals surface area contributed by atoms with Crippen LogP contribution in [0.5, 0.6) is 5.75 Å². The van der Waals surface area contributed by atoms with Crippen LogP contribution in [0.2, 0.25) is 0 Å². The molecule has 0 unspecified atom stereocenters. The van der Waals surface area contributed by atoms with Crippen molar-refractivity contribution in [3.8, 4) is 5.75 Å². The fourth-order valence-electron chi connectivity index (χ4n) is 2.95. The Morgan fingerprint density at radius 1 is 1.08 bits per heavy atom. The second kappa shape index (κ2) is 7.43. The molecule has 2 aromatic rings. The van der Waals surface area contributed by atoms with Crippen LogP contribution in [0.1, 0.15) is 34.3 Å². The van der Waals surface area contributed by atoms with Gasteiger partial charge in [-0.3, -0.25) is 4.79 Å². The van der Waals surface area contributed by atoms with Crippen molar-refractivity contribution < 1.29 is 18.3 Å². The highest BCUT2D eigenvalue weighted by Crippen LogP contribution is 2.29. The lowest BCUT2D eigenvalue weighted by molar-refractivity contribution is 0.0946. The van der Waals surface area contributed by atoms with Crippen LogP contribution >= 0.6 is 0 Å². The van der Waals surface area contributed by atoms with E-state index in [4.69, 9.17) is 4.74 Å². The molecule has 0 fully saturated rings. The van der Waals surface area contributed by atoms with E-state index in [1.165, 1.54) is 30.0 Å². The lowest BCUT2D eigenvalue weighted by atomic mass is 9.91. The van der Waals surface area contributed by atoms with E-state index in [0.717, 1.165) is 30.7 Å². The summed E-state index contributed by atoms with van der Waals surface area (Å²) in [5.41, 5.74) is 2.69. The molecule has 0 saturated carbocycles. The topological polar surface area (TPSA) is 38.3 Å². The van der Waals surface area contributed by atoms with Crippen LogP contribution in [-0.4, -0.2) is 19.1 Å². The average molecular weight is 331 g/mol. The van der Waals surface area contributed by atoms with E-state index in [9.17, 15) is 13.6 Å². The Labute approximate surface area is 139 Å². The van der Waals surface area contributed by atoms with E-state index < -0.39 is 17.5 Å². The highest BCUT2D eigenvalue weighted by molar-refractivity contribution is 5.94. The third kappa shape index (κ3) is 3.72. The van der Waals surface area contributed by atoms with Crippen LogP contribution < -0.4 is 10.1 Å². The Bertz CT molecular complexity index is 746. The Morgan fingerprint density at radius 3 is 2.75 bits per heavy atom. The molecule has 0 bridgehead atoms. The van der Waals surface area contributed by atoms with Crippen molar-refractivity contribution in [3.63, 3.8) is 0 Å². The zero-order valence-electron chi connectivity index (χ0n) is 13.3. The first-order chi connectivity index (χ1) is 11.6. The summed E-state index contributed by atoms with van der Waals surface area (Å²) in [6.45, 7) is 0.618. The maximum atomic E-state index is 13.1. The van der Waals surface area contributed by atoms with Gasteiger partial charge in [-0.05, 0) is 61.1 Å². The van der Waals surface area contributed by atoms with Crippen molar-refractivity contribution in [1.29, 1.82) is 0 Å². The van der Waals surface area contributed by atoms with Crippen LogP contribution in [0.15, 0.2) is 36.4 Å². The van der Waals surface area contributed by atoms with Gasteiger partial charge in [0.15, 0.2) is 11.6 Å². The molecule has 1 aliphatic carbocycles. The fraction of sp³-hybridized carbons (Fsp3) is 0.316. The molecule has 24 heavy (non-hydrogen) atoms. The SMILES string of the molecule is O=C(NCCOc1cccc2c1CCCC2)c1ccc(F)c(F)c1. The molecule has 0 radical (unpaired) electrons. The molecule has 3 rings (SSSR count). The lowest BCUT2D eigenvalue weighted by Gasteiger charge is -2.19. The smallest absolute Gasteiger partial charge is 0.251 e. The summed E-state index contributed by atoms with van der Waals surface area (Å²) in [6, 6.07) is 9.14. The van der Waals surface area contributed by atoms with Crippen LogP contribution in [-0.2, 0) is 12.8 Å². The van der Waals surface area contributed by atoms with Crippen molar-refractivity contribution in [2.45, 2.75) is 25.7 Å². The molecule has 0 saturated heterocycles. The summed E-state index contributed by atoms with van der Waals surface area (Å²) >= 11 is 0. The minimum Gasteiger partial charge on any atom is -0.491 e. The first-order valence-electron chi connectivity index (χ1n) is 8.12. The van der Waals surface area contributed by atoms with Gasteiger partial charge in [0.25, 0.3) is 5.91 Å². The van der Waals surface area contributed by atoms with Gasteiger partial charge in [0.05, 0.1) is 6.54 Å². The summed E-state index contributed by atoms with van der Waals surface area (Å²) in [5.74, 6) is -1.58. The molecule has 1 aliphatic rings. The zero-order chi connectivity index (χ0) is 16.9. The maximum Gasteiger partial charge on any atom is 0.251 e. The zero-order valence-corrected chi connectivity index (χ0v) is 13.3. The van der Waals surface area contributed by atoms with Crippen molar-refractivity contribution in [2.24, 2.45) is 0 Å². The van der Waals surface area contributed by atoms with Gasteiger partial charge in [0.2, 0.25) is 0 Å². The number of fused-ring (bicyclic) bond motifs is 1.